The van der Waals surface area contributed by atoms with E-state index in [1.807, 2.05) is 6.08 Å². The van der Waals surface area contributed by atoms with Gasteiger partial charge in [-0.2, -0.15) is 0 Å². The van der Waals surface area contributed by atoms with Gasteiger partial charge in [-0.25, -0.2) is 0 Å². The molecule has 0 saturated carbocycles. The fraction of sp³-hybridized carbons (Fsp3) is 0.803. The SMILES string of the molecule is CC/C=C\C/C=C\C/C=C\C/C=C\CCC(=O)OCC(COC(=O)CCCCCCCCCCCCCCCCC/C=C\CCCCCCCCCC)OC(=O)CCCCCCCCCCCCCCCC. The van der Waals surface area contributed by atoms with E-state index < -0.39 is 6.10 Å². The fourth-order valence-electron chi connectivity index (χ4n) is 9.10. The molecule has 1 atom stereocenters. The molecule has 418 valence electrons. The quantitative estimate of drug-likeness (QED) is 0.0261. The van der Waals surface area contributed by atoms with E-state index in [0.717, 1.165) is 64.2 Å². The number of hydrogen-bond donors (Lipinski definition) is 0. The predicted molar refractivity (Wildman–Crippen MR) is 312 cm³/mol. The lowest BCUT2D eigenvalue weighted by Gasteiger charge is -2.18. The Morgan fingerprint density at radius 1 is 0.292 bits per heavy atom. The number of ether oxygens (including phenoxy) is 3. The van der Waals surface area contributed by atoms with Crippen molar-refractivity contribution in [1.29, 1.82) is 0 Å². The smallest absolute Gasteiger partial charge is 0.306 e. The summed E-state index contributed by atoms with van der Waals surface area (Å²) < 4.78 is 16.8. The van der Waals surface area contributed by atoms with Crippen LogP contribution in [-0.4, -0.2) is 37.2 Å². The highest BCUT2D eigenvalue weighted by atomic mass is 16.6. The van der Waals surface area contributed by atoms with E-state index >= 15 is 0 Å². The maximum Gasteiger partial charge on any atom is 0.306 e. The number of carbonyl (C=O) groups excluding carboxylic acids is 3. The number of carbonyl (C=O) groups is 3. The molecule has 72 heavy (non-hydrogen) atoms. The van der Waals surface area contributed by atoms with Crippen molar-refractivity contribution in [2.24, 2.45) is 0 Å². The number of allylic oxidation sites excluding steroid dienone is 10. The molecule has 0 aliphatic rings. The predicted octanol–water partition coefficient (Wildman–Crippen LogP) is 21.2. The minimum atomic E-state index is -0.800. The maximum atomic E-state index is 12.8. The lowest BCUT2D eigenvalue weighted by molar-refractivity contribution is -0.166. The summed E-state index contributed by atoms with van der Waals surface area (Å²) in [6, 6.07) is 0. The average molecular weight is 1010 g/mol. The summed E-state index contributed by atoms with van der Waals surface area (Å²) in [4.78, 5) is 38.1. The second-order valence-electron chi connectivity index (χ2n) is 20.9. The van der Waals surface area contributed by atoms with Crippen LogP contribution in [-0.2, 0) is 28.6 Å². The van der Waals surface area contributed by atoms with Gasteiger partial charge in [0.15, 0.2) is 6.10 Å². The molecule has 0 saturated heterocycles. The van der Waals surface area contributed by atoms with Crippen molar-refractivity contribution in [2.45, 2.75) is 329 Å². The van der Waals surface area contributed by atoms with Gasteiger partial charge in [0.2, 0.25) is 0 Å². The van der Waals surface area contributed by atoms with Gasteiger partial charge in [-0.15, -0.1) is 0 Å². The van der Waals surface area contributed by atoms with Gasteiger partial charge in [0.25, 0.3) is 0 Å². The van der Waals surface area contributed by atoms with Crippen LogP contribution < -0.4 is 0 Å². The Hall–Kier alpha value is -2.89. The number of hydrogen-bond acceptors (Lipinski definition) is 6. The molecule has 6 heteroatoms. The summed E-state index contributed by atoms with van der Waals surface area (Å²) in [5, 5.41) is 0. The first-order chi connectivity index (χ1) is 35.5. The standard InChI is InChI=1S/C66H118O6/c1-4-7-10-13-16-19-22-25-27-28-29-30-31-32-33-34-35-36-37-38-39-42-44-47-50-53-56-59-65(68)71-62-63(61-70-64(67)58-55-52-49-46-43-40-24-21-18-15-12-9-6-3)72-66(69)60-57-54-51-48-45-41-26-23-20-17-14-11-8-5-2/h9,12,18,21,28-29,40,43,49,52,63H,4-8,10-11,13-17,19-20,22-27,30-39,41-42,44-48,50-51,53-62H2,1-3H3/b12-9-,21-18-,29-28-,43-40-,52-49-. The molecule has 0 bridgehead atoms. The van der Waals surface area contributed by atoms with Gasteiger partial charge in [-0.3, -0.25) is 14.4 Å². The molecule has 6 nitrogen and oxygen atoms in total. The zero-order valence-corrected chi connectivity index (χ0v) is 47.9. The largest absolute Gasteiger partial charge is 0.462 e. The number of unbranched alkanes of at least 4 members (excludes halogenated alkanes) is 36. The molecule has 0 amide bonds. The molecule has 0 heterocycles. The highest BCUT2D eigenvalue weighted by molar-refractivity contribution is 5.71. The molecule has 0 aromatic carbocycles. The molecule has 0 fully saturated rings. The number of rotatable bonds is 57. The minimum absolute atomic E-state index is 0.0925. The van der Waals surface area contributed by atoms with Crippen LogP contribution in [0.15, 0.2) is 60.8 Å². The molecular formula is C66H118O6. The molecule has 0 aliphatic carbocycles. The van der Waals surface area contributed by atoms with Crippen LogP contribution in [0.5, 0.6) is 0 Å². The zero-order chi connectivity index (χ0) is 52.2. The Morgan fingerprint density at radius 3 is 0.931 bits per heavy atom. The lowest BCUT2D eigenvalue weighted by Crippen LogP contribution is -2.30. The van der Waals surface area contributed by atoms with Crippen molar-refractivity contribution in [3.05, 3.63) is 60.8 Å². The Kier molecular flexibility index (Phi) is 58.2. The van der Waals surface area contributed by atoms with Gasteiger partial charge < -0.3 is 14.2 Å². The van der Waals surface area contributed by atoms with Crippen molar-refractivity contribution in [3.8, 4) is 0 Å². The van der Waals surface area contributed by atoms with Crippen LogP contribution >= 0.6 is 0 Å². The molecule has 0 rings (SSSR count). The molecule has 1 unspecified atom stereocenters. The molecule has 0 aromatic heterocycles. The Bertz CT molecular complexity index is 1290. The molecule has 0 aliphatic heterocycles. The van der Waals surface area contributed by atoms with Gasteiger partial charge >= 0.3 is 17.9 Å². The summed E-state index contributed by atoms with van der Waals surface area (Å²) in [6.07, 6.45) is 76.8. The van der Waals surface area contributed by atoms with Gasteiger partial charge in [0, 0.05) is 19.3 Å². The van der Waals surface area contributed by atoms with Gasteiger partial charge in [0.1, 0.15) is 13.2 Å². The van der Waals surface area contributed by atoms with Gasteiger partial charge in [0.05, 0.1) is 0 Å². The van der Waals surface area contributed by atoms with Crippen molar-refractivity contribution < 1.29 is 28.6 Å². The summed E-state index contributed by atoms with van der Waals surface area (Å²) in [6.45, 7) is 6.50. The highest BCUT2D eigenvalue weighted by Crippen LogP contribution is 2.17. The first-order valence-corrected chi connectivity index (χ1v) is 31.3. The van der Waals surface area contributed by atoms with E-state index in [1.165, 1.54) is 212 Å². The Morgan fingerprint density at radius 2 is 0.569 bits per heavy atom. The third kappa shape index (κ3) is 58.0. The van der Waals surface area contributed by atoms with Crippen LogP contribution in [0, 0.1) is 0 Å². The van der Waals surface area contributed by atoms with Crippen molar-refractivity contribution >= 4 is 17.9 Å². The van der Waals surface area contributed by atoms with Crippen molar-refractivity contribution in [3.63, 3.8) is 0 Å². The van der Waals surface area contributed by atoms with Crippen LogP contribution in [0.2, 0.25) is 0 Å². The third-order valence-electron chi connectivity index (χ3n) is 13.8. The minimum Gasteiger partial charge on any atom is -0.462 e. The molecule has 0 spiro atoms. The Labute approximate surface area is 447 Å². The van der Waals surface area contributed by atoms with E-state index in [0.29, 0.717) is 19.3 Å². The monoisotopic (exact) mass is 1010 g/mol. The van der Waals surface area contributed by atoms with E-state index in [4.69, 9.17) is 14.2 Å². The molecule has 0 N–H and O–H groups in total. The first-order valence-electron chi connectivity index (χ1n) is 31.3. The maximum absolute atomic E-state index is 12.8. The number of esters is 3. The summed E-state index contributed by atoms with van der Waals surface area (Å²) in [7, 11) is 0. The van der Waals surface area contributed by atoms with Gasteiger partial charge in [-0.1, -0.05) is 293 Å². The van der Waals surface area contributed by atoms with Crippen LogP contribution in [0.3, 0.4) is 0 Å². The van der Waals surface area contributed by atoms with E-state index in [1.54, 1.807) is 0 Å². The lowest BCUT2D eigenvalue weighted by atomic mass is 10.0. The second kappa shape index (κ2) is 60.7. The fourth-order valence-corrected chi connectivity index (χ4v) is 9.10. The first kappa shape index (κ1) is 69.1. The normalized spacial score (nSPS) is 12.4. The van der Waals surface area contributed by atoms with Crippen LogP contribution in [0.25, 0.3) is 0 Å². The van der Waals surface area contributed by atoms with Gasteiger partial charge in [-0.05, 0) is 70.6 Å². The van der Waals surface area contributed by atoms with E-state index in [9.17, 15) is 14.4 Å². The summed E-state index contributed by atoms with van der Waals surface area (Å²) in [5.41, 5.74) is 0. The molecular weight excluding hydrogens is 889 g/mol. The van der Waals surface area contributed by atoms with E-state index in [-0.39, 0.29) is 37.5 Å². The van der Waals surface area contributed by atoms with Crippen LogP contribution in [0.4, 0.5) is 0 Å². The third-order valence-corrected chi connectivity index (χ3v) is 13.8. The average Bonchev–Trinajstić information content (AvgIpc) is 3.38. The molecule has 0 aromatic rings. The van der Waals surface area contributed by atoms with Crippen molar-refractivity contribution in [2.75, 3.05) is 13.2 Å². The highest BCUT2D eigenvalue weighted by Gasteiger charge is 2.19. The second-order valence-corrected chi connectivity index (χ2v) is 20.9. The van der Waals surface area contributed by atoms with Crippen molar-refractivity contribution in [1.82, 2.24) is 0 Å². The molecule has 0 radical (unpaired) electrons. The van der Waals surface area contributed by atoms with Crippen LogP contribution in [0.1, 0.15) is 323 Å². The topological polar surface area (TPSA) is 78.9 Å². The zero-order valence-electron chi connectivity index (χ0n) is 47.9. The Balaban J connectivity index is 4.23. The summed E-state index contributed by atoms with van der Waals surface area (Å²) in [5.74, 6) is -0.962. The van der Waals surface area contributed by atoms with E-state index in [2.05, 4.69) is 75.5 Å². The summed E-state index contributed by atoms with van der Waals surface area (Å²) >= 11 is 0.